The summed E-state index contributed by atoms with van der Waals surface area (Å²) >= 11 is 0. The molecule has 21 heavy (non-hydrogen) atoms. The number of rotatable bonds is 6. The number of fused-ring (bicyclic) bond motifs is 1. The molecule has 2 aliphatic heterocycles. The zero-order valence-electron chi connectivity index (χ0n) is 13.2. The fraction of sp³-hybridized carbons (Fsp3) is 0.667. The summed E-state index contributed by atoms with van der Waals surface area (Å²) < 4.78 is 11.3. The van der Waals surface area contributed by atoms with Crippen LogP contribution in [0.5, 0.6) is 5.75 Å². The van der Waals surface area contributed by atoms with Crippen molar-refractivity contribution in [1.29, 1.82) is 0 Å². The fourth-order valence-electron chi connectivity index (χ4n) is 3.61. The number of hydrogen-bond donors (Lipinski definition) is 1. The maximum atomic E-state index is 5.75. The van der Waals surface area contributed by atoms with E-state index in [1.54, 1.807) is 0 Å². The number of benzene rings is 1. The van der Waals surface area contributed by atoms with Gasteiger partial charge in [-0.1, -0.05) is 19.1 Å². The molecule has 1 N–H and O–H groups in total. The Hall–Kier alpha value is -1.06. The second-order valence-corrected chi connectivity index (χ2v) is 6.38. The van der Waals surface area contributed by atoms with Crippen LogP contribution in [0.15, 0.2) is 18.2 Å². The highest BCUT2D eigenvalue weighted by molar-refractivity contribution is 5.39. The molecule has 2 aliphatic rings. The molecule has 0 radical (unpaired) electrons. The first-order valence-electron chi connectivity index (χ1n) is 8.36. The fourth-order valence-corrected chi connectivity index (χ4v) is 3.61. The van der Waals surface area contributed by atoms with Gasteiger partial charge in [0.15, 0.2) is 0 Å². The SMILES string of the molecule is CCNC(CCc1ccc2c(c1)CCO2)C1COC(C)C1. The third-order valence-electron chi connectivity index (χ3n) is 4.76. The van der Waals surface area contributed by atoms with Crippen molar-refractivity contribution in [2.45, 2.75) is 51.7 Å². The lowest BCUT2D eigenvalue weighted by atomic mass is 9.91. The van der Waals surface area contributed by atoms with E-state index in [0.29, 0.717) is 18.1 Å². The molecule has 0 saturated carbocycles. The highest BCUT2D eigenvalue weighted by atomic mass is 16.5. The lowest BCUT2D eigenvalue weighted by molar-refractivity contribution is 0.116. The standard InChI is InChI=1S/C18H27NO2/c1-3-19-17(16-10-13(2)21-12-16)6-4-14-5-7-18-15(11-14)8-9-20-18/h5,7,11,13,16-17,19H,3-4,6,8-10,12H2,1-2H3. The summed E-state index contributed by atoms with van der Waals surface area (Å²) in [5.41, 5.74) is 2.82. The van der Waals surface area contributed by atoms with Gasteiger partial charge in [0.25, 0.3) is 0 Å². The van der Waals surface area contributed by atoms with Crippen LogP contribution >= 0.6 is 0 Å². The zero-order chi connectivity index (χ0) is 14.7. The van der Waals surface area contributed by atoms with Crippen LogP contribution in [0.2, 0.25) is 0 Å². The first kappa shape index (κ1) is 14.9. The van der Waals surface area contributed by atoms with Crippen LogP contribution in [0.3, 0.4) is 0 Å². The van der Waals surface area contributed by atoms with E-state index in [9.17, 15) is 0 Å². The minimum atomic E-state index is 0.424. The van der Waals surface area contributed by atoms with Crippen molar-refractivity contribution in [2.75, 3.05) is 19.8 Å². The molecule has 1 saturated heterocycles. The van der Waals surface area contributed by atoms with Crippen molar-refractivity contribution in [3.8, 4) is 5.75 Å². The van der Waals surface area contributed by atoms with Crippen LogP contribution in [0, 0.1) is 5.92 Å². The Morgan fingerprint density at radius 3 is 3.05 bits per heavy atom. The number of nitrogens with one attached hydrogen (secondary N) is 1. The molecule has 3 rings (SSSR count). The van der Waals surface area contributed by atoms with E-state index in [1.807, 2.05) is 0 Å². The summed E-state index contributed by atoms with van der Waals surface area (Å²) in [6, 6.07) is 7.27. The van der Waals surface area contributed by atoms with Gasteiger partial charge in [-0.3, -0.25) is 0 Å². The second kappa shape index (κ2) is 6.80. The quantitative estimate of drug-likeness (QED) is 0.873. The average Bonchev–Trinajstić information content (AvgIpc) is 3.11. The van der Waals surface area contributed by atoms with Gasteiger partial charge in [0.2, 0.25) is 0 Å². The molecule has 3 nitrogen and oxygen atoms in total. The number of hydrogen-bond acceptors (Lipinski definition) is 3. The summed E-state index contributed by atoms with van der Waals surface area (Å²) in [6.45, 7) is 7.17. The Balaban J connectivity index is 1.58. The second-order valence-electron chi connectivity index (χ2n) is 6.38. The molecule has 0 amide bonds. The van der Waals surface area contributed by atoms with Gasteiger partial charge in [-0.05, 0) is 49.9 Å². The highest BCUT2D eigenvalue weighted by Crippen LogP contribution is 2.28. The molecule has 3 unspecified atom stereocenters. The number of aryl methyl sites for hydroxylation is 1. The van der Waals surface area contributed by atoms with Gasteiger partial charge >= 0.3 is 0 Å². The minimum absolute atomic E-state index is 0.424. The molecule has 0 bridgehead atoms. The molecule has 0 aromatic heterocycles. The maximum Gasteiger partial charge on any atom is 0.122 e. The van der Waals surface area contributed by atoms with Crippen LogP contribution in [0.4, 0.5) is 0 Å². The topological polar surface area (TPSA) is 30.5 Å². The van der Waals surface area contributed by atoms with Crippen LogP contribution in [0.1, 0.15) is 37.8 Å². The van der Waals surface area contributed by atoms with Crippen molar-refractivity contribution in [3.63, 3.8) is 0 Å². The molecule has 1 aromatic rings. The monoisotopic (exact) mass is 289 g/mol. The lowest BCUT2D eigenvalue weighted by Gasteiger charge is -2.23. The normalized spacial score (nSPS) is 25.6. The molecule has 3 heteroatoms. The summed E-state index contributed by atoms with van der Waals surface area (Å²) in [7, 11) is 0. The first-order valence-corrected chi connectivity index (χ1v) is 8.36. The summed E-state index contributed by atoms with van der Waals surface area (Å²) in [5, 5.41) is 3.66. The van der Waals surface area contributed by atoms with E-state index in [4.69, 9.17) is 9.47 Å². The summed E-state index contributed by atoms with van der Waals surface area (Å²) in [4.78, 5) is 0. The Labute approximate surface area is 128 Å². The summed E-state index contributed by atoms with van der Waals surface area (Å²) in [6.07, 6.45) is 5.00. The van der Waals surface area contributed by atoms with Crippen molar-refractivity contribution in [1.82, 2.24) is 5.32 Å². The first-order chi connectivity index (χ1) is 10.3. The molecule has 2 heterocycles. The van der Waals surface area contributed by atoms with Gasteiger partial charge in [0.05, 0.1) is 19.3 Å². The van der Waals surface area contributed by atoms with Gasteiger partial charge in [-0.2, -0.15) is 0 Å². The van der Waals surface area contributed by atoms with Crippen LogP contribution in [-0.2, 0) is 17.6 Å². The van der Waals surface area contributed by atoms with Gasteiger partial charge in [-0.25, -0.2) is 0 Å². The van der Waals surface area contributed by atoms with Crippen LogP contribution in [0.25, 0.3) is 0 Å². The van der Waals surface area contributed by atoms with E-state index in [0.717, 1.165) is 38.3 Å². The third-order valence-corrected chi connectivity index (χ3v) is 4.76. The van der Waals surface area contributed by atoms with Crippen molar-refractivity contribution < 1.29 is 9.47 Å². The van der Waals surface area contributed by atoms with Gasteiger partial charge in [0.1, 0.15) is 5.75 Å². The lowest BCUT2D eigenvalue weighted by Crippen LogP contribution is -2.37. The molecule has 1 aromatic carbocycles. The van der Waals surface area contributed by atoms with Crippen LogP contribution < -0.4 is 10.1 Å². The summed E-state index contributed by atoms with van der Waals surface area (Å²) in [5.74, 6) is 1.75. The maximum absolute atomic E-state index is 5.75. The van der Waals surface area contributed by atoms with Crippen molar-refractivity contribution in [3.05, 3.63) is 29.3 Å². The Morgan fingerprint density at radius 2 is 2.29 bits per heavy atom. The van der Waals surface area contributed by atoms with E-state index in [1.165, 1.54) is 24.0 Å². The van der Waals surface area contributed by atoms with E-state index < -0.39 is 0 Å². The smallest absolute Gasteiger partial charge is 0.122 e. The zero-order valence-corrected chi connectivity index (χ0v) is 13.2. The van der Waals surface area contributed by atoms with E-state index in [-0.39, 0.29) is 0 Å². The van der Waals surface area contributed by atoms with Gasteiger partial charge in [0, 0.05) is 18.4 Å². The molecule has 116 valence electrons. The Morgan fingerprint density at radius 1 is 1.38 bits per heavy atom. The van der Waals surface area contributed by atoms with Gasteiger partial charge in [-0.15, -0.1) is 0 Å². The van der Waals surface area contributed by atoms with E-state index >= 15 is 0 Å². The highest BCUT2D eigenvalue weighted by Gasteiger charge is 2.28. The predicted octanol–water partition coefficient (Wildman–Crippen LogP) is 2.96. The van der Waals surface area contributed by atoms with Gasteiger partial charge < -0.3 is 14.8 Å². The molecule has 0 spiro atoms. The largest absolute Gasteiger partial charge is 0.493 e. The molecular formula is C18H27NO2. The predicted molar refractivity (Wildman–Crippen MR) is 84.9 cm³/mol. The Kier molecular flexibility index (Phi) is 4.81. The molecule has 3 atom stereocenters. The Bertz CT molecular complexity index is 474. The van der Waals surface area contributed by atoms with E-state index in [2.05, 4.69) is 37.4 Å². The molecular weight excluding hydrogens is 262 g/mol. The minimum Gasteiger partial charge on any atom is -0.493 e. The molecule has 0 aliphatic carbocycles. The third kappa shape index (κ3) is 3.58. The molecule has 1 fully saturated rings. The average molecular weight is 289 g/mol. The van der Waals surface area contributed by atoms with Crippen molar-refractivity contribution >= 4 is 0 Å². The number of ether oxygens (including phenoxy) is 2. The van der Waals surface area contributed by atoms with Crippen LogP contribution in [-0.4, -0.2) is 31.9 Å². The van der Waals surface area contributed by atoms with Crippen molar-refractivity contribution in [2.24, 2.45) is 5.92 Å².